The number of benzene rings is 2. The summed E-state index contributed by atoms with van der Waals surface area (Å²) in [5, 5.41) is 4.57. The minimum atomic E-state index is -0.299. The SMILES string of the molecule is Cc1c(-c2ccc(F)c(Br)c2)nn(-c2ccccc2)c1N. The molecule has 0 amide bonds. The van der Waals surface area contributed by atoms with Crippen LogP contribution in [0.25, 0.3) is 16.9 Å². The zero-order valence-electron chi connectivity index (χ0n) is 11.3. The number of anilines is 1. The molecule has 0 saturated carbocycles. The van der Waals surface area contributed by atoms with Gasteiger partial charge >= 0.3 is 0 Å². The molecule has 0 spiro atoms. The highest BCUT2D eigenvalue weighted by molar-refractivity contribution is 9.10. The Morgan fingerprint density at radius 1 is 1.14 bits per heavy atom. The fraction of sp³-hybridized carbons (Fsp3) is 0.0625. The highest BCUT2D eigenvalue weighted by Crippen LogP contribution is 2.30. The lowest BCUT2D eigenvalue weighted by Gasteiger charge is -2.03. The standard InChI is InChI=1S/C16H13BrFN3/c1-10-15(11-7-8-14(18)13(17)9-11)20-21(16(10)19)12-5-3-2-4-6-12/h2-9H,19H2,1H3. The number of halogens is 2. The summed E-state index contributed by atoms with van der Waals surface area (Å²) in [6, 6.07) is 14.5. The molecule has 1 heterocycles. The third-order valence-electron chi connectivity index (χ3n) is 3.36. The predicted octanol–water partition coefficient (Wildman–Crippen LogP) is 4.33. The van der Waals surface area contributed by atoms with Gasteiger partial charge in [0.2, 0.25) is 0 Å². The number of nitrogens with two attached hydrogens (primary N) is 1. The van der Waals surface area contributed by atoms with E-state index in [0.717, 1.165) is 22.5 Å². The van der Waals surface area contributed by atoms with Crippen LogP contribution in [0.3, 0.4) is 0 Å². The number of nitrogen functional groups attached to an aromatic ring is 1. The molecule has 0 aliphatic heterocycles. The minimum Gasteiger partial charge on any atom is -0.383 e. The van der Waals surface area contributed by atoms with E-state index in [1.54, 1.807) is 16.8 Å². The molecule has 106 valence electrons. The molecule has 0 saturated heterocycles. The van der Waals surface area contributed by atoms with Gasteiger partial charge in [-0.25, -0.2) is 9.07 Å². The number of hydrogen-bond donors (Lipinski definition) is 1. The predicted molar refractivity (Wildman–Crippen MR) is 85.8 cm³/mol. The van der Waals surface area contributed by atoms with Crippen LogP contribution in [0.4, 0.5) is 10.2 Å². The number of para-hydroxylation sites is 1. The van der Waals surface area contributed by atoms with Gasteiger partial charge in [0.1, 0.15) is 11.6 Å². The third-order valence-corrected chi connectivity index (χ3v) is 3.97. The summed E-state index contributed by atoms with van der Waals surface area (Å²) in [5.74, 6) is 0.281. The van der Waals surface area contributed by atoms with Gasteiger partial charge in [-0.1, -0.05) is 18.2 Å². The van der Waals surface area contributed by atoms with Gasteiger partial charge in [0.25, 0.3) is 0 Å². The highest BCUT2D eigenvalue weighted by Gasteiger charge is 2.15. The number of hydrogen-bond acceptors (Lipinski definition) is 2. The molecule has 1 aromatic heterocycles. The number of aromatic nitrogens is 2. The molecule has 0 aliphatic rings. The highest BCUT2D eigenvalue weighted by atomic mass is 79.9. The van der Waals surface area contributed by atoms with Gasteiger partial charge in [-0.3, -0.25) is 0 Å². The molecular weight excluding hydrogens is 333 g/mol. The molecular formula is C16H13BrFN3. The normalized spacial score (nSPS) is 10.8. The lowest BCUT2D eigenvalue weighted by atomic mass is 10.1. The van der Waals surface area contributed by atoms with Crippen molar-refractivity contribution in [3.8, 4) is 16.9 Å². The van der Waals surface area contributed by atoms with Crippen LogP contribution in [0.15, 0.2) is 53.0 Å². The average Bonchev–Trinajstić information content (AvgIpc) is 2.79. The largest absolute Gasteiger partial charge is 0.383 e. The van der Waals surface area contributed by atoms with E-state index in [9.17, 15) is 4.39 Å². The first-order valence-electron chi connectivity index (χ1n) is 6.44. The van der Waals surface area contributed by atoms with Crippen molar-refractivity contribution in [1.29, 1.82) is 0 Å². The molecule has 0 aliphatic carbocycles. The van der Waals surface area contributed by atoms with E-state index in [2.05, 4.69) is 21.0 Å². The van der Waals surface area contributed by atoms with Gasteiger partial charge in [-0.15, -0.1) is 0 Å². The molecule has 3 aromatic rings. The summed E-state index contributed by atoms with van der Waals surface area (Å²) in [6.45, 7) is 1.91. The van der Waals surface area contributed by atoms with Crippen molar-refractivity contribution in [3.05, 3.63) is 64.4 Å². The van der Waals surface area contributed by atoms with E-state index in [-0.39, 0.29) is 5.82 Å². The van der Waals surface area contributed by atoms with E-state index < -0.39 is 0 Å². The lowest BCUT2D eigenvalue weighted by Crippen LogP contribution is -2.01. The van der Waals surface area contributed by atoms with E-state index >= 15 is 0 Å². The Labute approximate surface area is 130 Å². The van der Waals surface area contributed by atoms with Crippen LogP contribution >= 0.6 is 15.9 Å². The minimum absolute atomic E-state index is 0.299. The van der Waals surface area contributed by atoms with Gasteiger partial charge < -0.3 is 5.73 Å². The van der Waals surface area contributed by atoms with E-state index in [4.69, 9.17) is 5.73 Å². The molecule has 3 nitrogen and oxygen atoms in total. The first kappa shape index (κ1) is 13.8. The summed E-state index contributed by atoms with van der Waals surface area (Å²) in [5.41, 5.74) is 9.49. The lowest BCUT2D eigenvalue weighted by molar-refractivity contribution is 0.621. The first-order valence-corrected chi connectivity index (χ1v) is 7.23. The zero-order chi connectivity index (χ0) is 15.0. The maximum Gasteiger partial charge on any atom is 0.137 e. The molecule has 0 fully saturated rings. The molecule has 0 unspecified atom stereocenters. The monoisotopic (exact) mass is 345 g/mol. The molecule has 2 N–H and O–H groups in total. The van der Waals surface area contributed by atoms with Crippen molar-refractivity contribution in [2.75, 3.05) is 5.73 Å². The Morgan fingerprint density at radius 2 is 1.86 bits per heavy atom. The van der Waals surface area contributed by atoms with Crippen LogP contribution in [0.5, 0.6) is 0 Å². The Balaban J connectivity index is 2.15. The van der Waals surface area contributed by atoms with Crippen LogP contribution in [0.1, 0.15) is 5.56 Å². The van der Waals surface area contributed by atoms with Gasteiger partial charge in [0.15, 0.2) is 0 Å². The maximum absolute atomic E-state index is 13.4. The van der Waals surface area contributed by atoms with Crippen LogP contribution in [0.2, 0.25) is 0 Å². The van der Waals surface area contributed by atoms with Crippen LogP contribution in [-0.2, 0) is 0 Å². The Hall–Kier alpha value is -2.14. The van der Waals surface area contributed by atoms with Crippen molar-refractivity contribution in [1.82, 2.24) is 9.78 Å². The summed E-state index contributed by atoms with van der Waals surface area (Å²) < 4.78 is 15.5. The van der Waals surface area contributed by atoms with Crippen molar-refractivity contribution < 1.29 is 4.39 Å². The molecule has 21 heavy (non-hydrogen) atoms. The van der Waals surface area contributed by atoms with E-state index in [0.29, 0.717) is 10.3 Å². The van der Waals surface area contributed by atoms with Crippen molar-refractivity contribution in [2.24, 2.45) is 0 Å². The average molecular weight is 346 g/mol. The van der Waals surface area contributed by atoms with Crippen LogP contribution < -0.4 is 5.73 Å². The quantitative estimate of drug-likeness (QED) is 0.751. The van der Waals surface area contributed by atoms with Crippen molar-refractivity contribution in [3.63, 3.8) is 0 Å². The fourth-order valence-corrected chi connectivity index (χ4v) is 2.57. The summed E-state index contributed by atoms with van der Waals surface area (Å²) >= 11 is 3.20. The van der Waals surface area contributed by atoms with Gasteiger partial charge in [-0.05, 0) is 53.2 Å². The Bertz CT molecular complexity index is 797. The summed E-state index contributed by atoms with van der Waals surface area (Å²) in [4.78, 5) is 0. The maximum atomic E-state index is 13.4. The molecule has 0 bridgehead atoms. The second kappa shape index (κ2) is 5.33. The smallest absolute Gasteiger partial charge is 0.137 e. The van der Waals surface area contributed by atoms with Gasteiger partial charge in [0, 0.05) is 11.1 Å². The van der Waals surface area contributed by atoms with Crippen LogP contribution in [0, 0.1) is 12.7 Å². The second-order valence-corrected chi connectivity index (χ2v) is 5.59. The number of rotatable bonds is 2. The molecule has 0 atom stereocenters. The number of nitrogens with zero attached hydrogens (tertiary/aromatic N) is 2. The van der Waals surface area contributed by atoms with Crippen molar-refractivity contribution >= 4 is 21.7 Å². The molecule has 5 heteroatoms. The molecule has 3 rings (SSSR count). The van der Waals surface area contributed by atoms with E-state index in [1.807, 2.05) is 37.3 Å². The Kier molecular flexibility index (Phi) is 3.51. The second-order valence-electron chi connectivity index (χ2n) is 4.74. The topological polar surface area (TPSA) is 43.8 Å². The first-order chi connectivity index (χ1) is 10.1. The fourth-order valence-electron chi connectivity index (χ4n) is 2.19. The Morgan fingerprint density at radius 3 is 2.52 bits per heavy atom. The molecule has 0 radical (unpaired) electrons. The zero-order valence-corrected chi connectivity index (χ0v) is 12.9. The molecule has 2 aromatic carbocycles. The van der Waals surface area contributed by atoms with Crippen molar-refractivity contribution in [2.45, 2.75) is 6.92 Å². The van der Waals surface area contributed by atoms with Crippen LogP contribution in [-0.4, -0.2) is 9.78 Å². The van der Waals surface area contributed by atoms with E-state index in [1.165, 1.54) is 6.07 Å². The third kappa shape index (κ3) is 2.45. The van der Waals surface area contributed by atoms with Gasteiger partial charge in [0.05, 0.1) is 15.9 Å². The summed E-state index contributed by atoms with van der Waals surface area (Å²) in [7, 11) is 0. The summed E-state index contributed by atoms with van der Waals surface area (Å²) in [6.07, 6.45) is 0. The van der Waals surface area contributed by atoms with Gasteiger partial charge in [-0.2, -0.15) is 5.10 Å².